The Morgan fingerprint density at radius 3 is 2.04 bits per heavy atom. The van der Waals surface area contributed by atoms with E-state index in [2.05, 4.69) is 150 Å². The summed E-state index contributed by atoms with van der Waals surface area (Å²) >= 11 is 0. The first-order valence-electron chi connectivity index (χ1n) is 26.0. The van der Waals surface area contributed by atoms with E-state index in [0.29, 0.717) is 28.4 Å². The van der Waals surface area contributed by atoms with Crippen molar-refractivity contribution in [2.75, 3.05) is 0 Å². The molecule has 11 aromatic rings. The van der Waals surface area contributed by atoms with Crippen molar-refractivity contribution in [3.63, 3.8) is 0 Å². The molecule has 0 saturated heterocycles. The summed E-state index contributed by atoms with van der Waals surface area (Å²) in [7, 11) is 0. The molecule has 0 bridgehead atoms. The van der Waals surface area contributed by atoms with E-state index in [1.54, 1.807) is 0 Å². The van der Waals surface area contributed by atoms with Gasteiger partial charge >= 0.3 is 0 Å². The van der Waals surface area contributed by atoms with Crippen molar-refractivity contribution in [3.05, 3.63) is 223 Å². The summed E-state index contributed by atoms with van der Waals surface area (Å²) in [6.45, 7) is 15.4. The quantitative estimate of drug-likeness (QED) is 0.107. The van der Waals surface area contributed by atoms with Crippen molar-refractivity contribution in [1.29, 1.82) is 0 Å². The molecule has 8 aromatic carbocycles. The minimum Gasteiger partial charge on any atom is -0.510 e. The molecular weight excluding hydrogens is 1040 g/mol. The first-order chi connectivity index (χ1) is 35.5. The molecule has 3 heterocycles. The number of pyridine rings is 1. The number of aryl methyl sites for hydroxylation is 1. The molecule has 0 atom stereocenters. The smallest absolute Gasteiger partial charge is 0.268 e. The van der Waals surface area contributed by atoms with E-state index in [4.69, 9.17) is 13.8 Å². The van der Waals surface area contributed by atoms with E-state index in [1.807, 2.05) is 88.1 Å². The van der Waals surface area contributed by atoms with Crippen LogP contribution in [0, 0.1) is 18.5 Å². The van der Waals surface area contributed by atoms with Gasteiger partial charge in [-0.1, -0.05) is 181 Å². The van der Waals surface area contributed by atoms with E-state index in [1.165, 1.54) is 5.56 Å². The zero-order chi connectivity index (χ0) is 51.8. The summed E-state index contributed by atoms with van der Waals surface area (Å²) in [5.41, 5.74) is 12.1. The van der Waals surface area contributed by atoms with Crippen LogP contribution in [-0.2, 0) is 38.3 Å². The van der Waals surface area contributed by atoms with Gasteiger partial charge < -0.3 is 13.9 Å². The predicted molar refractivity (Wildman–Crippen MR) is 283 cm³/mol. The Bertz CT molecular complexity index is 3960. The van der Waals surface area contributed by atoms with Gasteiger partial charge in [0.1, 0.15) is 5.82 Å². The fourth-order valence-corrected chi connectivity index (χ4v) is 9.24. The minimum absolute atomic E-state index is 0. The molecule has 5 nitrogen and oxygen atoms in total. The fourth-order valence-electron chi connectivity index (χ4n) is 9.24. The molecule has 0 aliphatic carbocycles. The van der Waals surface area contributed by atoms with Crippen molar-refractivity contribution in [3.8, 4) is 62.1 Å². The number of hydrogen-bond donors (Lipinski definition) is 0. The maximum atomic E-state index is 9.30. The monoisotopic (exact) mass is 1090 g/mol. The maximum absolute atomic E-state index is 9.30. The molecular formula is C64H54N4OPt-2. The molecule has 348 valence electrons. The van der Waals surface area contributed by atoms with E-state index in [-0.39, 0.29) is 49.5 Å². The summed E-state index contributed by atoms with van der Waals surface area (Å²) in [5.74, 6) is 1.78. The molecule has 0 aliphatic heterocycles. The zero-order valence-corrected chi connectivity index (χ0v) is 42.5. The van der Waals surface area contributed by atoms with E-state index in [0.717, 1.165) is 78.5 Å². The summed E-state index contributed by atoms with van der Waals surface area (Å²) in [4.78, 5) is 4.80. The van der Waals surface area contributed by atoms with E-state index < -0.39 is 18.1 Å². The number of benzene rings is 8. The molecule has 0 saturated carbocycles. The van der Waals surface area contributed by atoms with Crippen molar-refractivity contribution in [2.24, 2.45) is 0 Å². The molecule has 0 radical (unpaired) electrons. The maximum Gasteiger partial charge on any atom is 0.268 e. The molecule has 0 spiro atoms. The van der Waals surface area contributed by atoms with Crippen molar-refractivity contribution in [2.45, 2.75) is 65.7 Å². The van der Waals surface area contributed by atoms with Gasteiger partial charge in [-0.3, -0.25) is 4.57 Å². The van der Waals surface area contributed by atoms with Gasteiger partial charge in [-0.15, -0.1) is 29.7 Å². The van der Waals surface area contributed by atoms with Crippen LogP contribution in [0.15, 0.2) is 188 Å². The Labute approximate surface area is 433 Å². The van der Waals surface area contributed by atoms with Crippen molar-refractivity contribution >= 4 is 32.8 Å². The second-order valence-corrected chi connectivity index (χ2v) is 19.7. The molecule has 0 aliphatic rings. The number of aromatic nitrogens is 4. The van der Waals surface area contributed by atoms with E-state index >= 15 is 0 Å². The topological polar surface area (TPSA) is 35.9 Å². The Hall–Kier alpha value is -7.33. The standard InChI is InChI=1S/C64H54N4O.Pt/c1-8-43-33-34-65-61(35-43)68-57-28-16-15-25-55(57)56-31-30-52(41-59(56)68)69-51-24-17-23-50(40-51)66-42-67(58-32-29-46(38-60(58)66)44-19-11-9-12-20-44)62-53(45-21-13-10-14-22-45)26-18-27-54(62)47-36-48(63(2,3)4)39-49(37-47)64(5,6)7;/h9-39H,8H2,1-7H3;/q-2;/i10D,13D,14D,21D,22D;. The van der Waals surface area contributed by atoms with Gasteiger partial charge in [-0.05, 0) is 103 Å². The molecule has 70 heavy (non-hydrogen) atoms. The molecule has 0 amide bonds. The van der Waals surface area contributed by atoms with Crippen LogP contribution in [0.4, 0.5) is 0 Å². The fraction of sp³-hybridized carbons (Fsp3) is 0.156. The SMILES string of the molecule is [2H]c1c([2H])c([2H])c(-c2cccc(-c3cc(C(C)(C)C)cc(C(C)(C)C)c3)c2-[n+]2[c-]n(-c3[c-]c(Oc4[c-]c5c(cc4)c4ccccc4n5-c4cc(CC)ccn4)ccc3)c3cc(-c4ccccc4)ccc32)c([2H])c1[2H].[Pt]. The summed E-state index contributed by atoms with van der Waals surface area (Å²) in [6, 6.07) is 56.6. The van der Waals surface area contributed by atoms with Gasteiger partial charge in [0.2, 0.25) is 0 Å². The van der Waals surface area contributed by atoms with Gasteiger partial charge in [-0.2, -0.15) is 18.2 Å². The minimum atomic E-state index is -0.449. The number of rotatable bonds is 9. The first-order valence-corrected chi connectivity index (χ1v) is 23.5. The van der Waals surface area contributed by atoms with Crippen molar-refractivity contribution < 1.29 is 37.2 Å². The van der Waals surface area contributed by atoms with Crippen molar-refractivity contribution in [1.82, 2.24) is 14.1 Å². The Balaban J connectivity index is 0.00000641. The van der Waals surface area contributed by atoms with Crippen LogP contribution in [0.2, 0.25) is 0 Å². The molecule has 0 fully saturated rings. The second-order valence-electron chi connectivity index (χ2n) is 19.7. The number of fused-ring (bicyclic) bond motifs is 4. The average Bonchev–Trinajstić information content (AvgIpc) is 3.95. The number of hydrogen-bond acceptors (Lipinski definition) is 2. The molecule has 3 aromatic heterocycles. The van der Waals surface area contributed by atoms with Crippen LogP contribution in [0.3, 0.4) is 0 Å². The molecule has 6 heteroatoms. The van der Waals surface area contributed by atoms with Crippen LogP contribution >= 0.6 is 0 Å². The number of imidazole rings is 1. The van der Waals surface area contributed by atoms with Crippen LogP contribution in [0.25, 0.3) is 83.4 Å². The third-order valence-electron chi connectivity index (χ3n) is 13.0. The third-order valence-corrected chi connectivity index (χ3v) is 13.0. The summed E-state index contributed by atoms with van der Waals surface area (Å²) < 4.78 is 57.5. The van der Waals surface area contributed by atoms with E-state index in [9.17, 15) is 2.74 Å². The number of nitrogens with zero attached hydrogens (tertiary/aromatic N) is 4. The molecule has 0 N–H and O–H groups in total. The van der Waals surface area contributed by atoms with Gasteiger partial charge in [0.25, 0.3) is 6.33 Å². The Morgan fingerprint density at radius 2 is 1.30 bits per heavy atom. The Kier molecular flexibility index (Phi) is 10.7. The zero-order valence-electron chi connectivity index (χ0n) is 45.2. The number of para-hydroxylation sites is 2. The van der Waals surface area contributed by atoms with Crippen LogP contribution in [-0.4, -0.2) is 14.1 Å². The molecule has 11 rings (SSSR count). The normalized spacial score (nSPS) is 12.9. The first kappa shape index (κ1) is 40.5. The van der Waals surface area contributed by atoms with Crippen LogP contribution < -0.4 is 9.30 Å². The second kappa shape index (κ2) is 18.5. The van der Waals surface area contributed by atoms with Gasteiger partial charge in [0.15, 0.2) is 0 Å². The predicted octanol–water partition coefficient (Wildman–Crippen LogP) is 15.7. The van der Waals surface area contributed by atoms with Crippen LogP contribution in [0.1, 0.15) is 72.0 Å². The van der Waals surface area contributed by atoms with Crippen LogP contribution in [0.5, 0.6) is 11.5 Å². The summed E-state index contributed by atoms with van der Waals surface area (Å²) in [5, 5.41) is 2.12. The third kappa shape index (κ3) is 8.69. The van der Waals surface area contributed by atoms with Gasteiger partial charge in [-0.25, -0.2) is 4.98 Å². The Morgan fingerprint density at radius 1 is 0.600 bits per heavy atom. The number of ether oxygens (including phenoxy) is 1. The average molecular weight is 1100 g/mol. The largest absolute Gasteiger partial charge is 0.510 e. The van der Waals surface area contributed by atoms with Gasteiger partial charge in [0, 0.05) is 44.3 Å². The van der Waals surface area contributed by atoms with Gasteiger partial charge in [0.05, 0.1) is 23.6 Å². The summed E-state index contributed by atoms with van der Waals surface area (Å²) in [6.07, 6.45) is 6.47. The molecule has 0 unspecified atom stereocenters.